The van der Waals surface area contributed by atoms with Crippen molar-refractivity contribution in [2.24, 2.45) is 0 Å². The summed E-state index contributed by atoms with van der Waals surface area (Å²) < 4.78 is 24.6. The van der Waals surface area contributed by atoms with E-state index in [4.69, 9.17) is 5.11 Å². The highest BCUT2D eigenvalue weighted by Crippen LogP contribution is 2.26. The van der Waals surface area contributed by atoms with Gasteiger partial charge in [0.2, 0.25) is 0 Å². The first kappa shape index (κ1) is 9.64. The van der Waals surface area contributed by atoms with Crippen LogP contribution in [-0.2, 0) is 0 Å². The number of rotatable bonds is 2. The van der Waals surface area contributed by atoms with Gasteiger partial charge in [-0.25, -0.2) is 8.78 Å². The van der Waals surface area contributed by atoms with E-state index in [9.17, 15) is 13.6 Å². The number of carbonyl (C=O) groups excluding carboxylic acids is 1. The van der Waals surface area contributed by atoms with Crippen LogP contribution in [0.3, 0.4) is 0 Å². The van der Waals surface area contributed by atoms with E-state index in [1.165, 1.54) is 6.92 Å². The summed E-state index contributed by atoms with van der Waals surface area (Å²) in [4.78, 5) is 10.9. The van der Waals surface area contributed by atoms with E-state index in [1.807, 2.05) is 0 Å². The molecule has 0 saturated carbocycles. The predicted octanol–water partition coefficient (Wildman–Crippen LogP) is 2.53. The maximum atomic E-state index is 12.3. The lowest BCUT2D eigenvalue weighted by atomic mass is 10.0. The average molecular weight is 186 g/mol. The number of phenols is 1. The molecule has 0 bridgehead atoms. The Balaban J connectivity index is 3.27. The molecule has 0 atom stereocenters. The number of aromatic hydroxyl groups is 1. The zero-order chi connectivity index (χ0) is 10.0. The molecule has 70 valence electrons. The van der Waals surface area contributed by atoms with Crippen molar-refractivity contribution in [1.82, 2.24) is 0 Å². The second kappa shape index (κ2) is 3.51. The number of halogens is 2. The molecule has 0 aliphatic heterocycles. The zero-order valence-electron chi connectivity index (χ0n) is 6.92. The van der Waals surface area contributed by atoms with E-state index in [0.29, 0.717) is 0 Å². The second-order valence-corrected chi connectivity index (χ2v) is 2.63. The van der Waals surface area contributed by atoms with Gasteiger partial charge in [-0.1, -0.05) is 0 Å². The van der Waals surface area contributed by atoms with Crippen LogP contribution in [0.1, 0.15) is 29.3 Å². The largest absolute Gasteiger partial charge is 0.508 e. The zero-order valence-corrected chi connectivity index (χ0v) is 6.92. The third-order valence-electron chi connectivity index (χ3n) is 1.65. The number of benzene rings is 1. The molecule has 1 aromatic rings. The Morgan fingerprint density at radius 1 is 1.46 bits per heavy atom. The number of carbonyl (C=O) groups is 1. The van der Waals surface area contributed by atoms with Crippen molar-refractivity contribution in [2.45, 2.75) is 13.3 Å². The lowest BCUT2D eigenvalue weighted by molar-refractivity contribution is 0.0998. The summed E-state index contributed by atoms with van der Waals surface area (Å²) in [5.74, 6) is -0.666. The fourth-order valence-corrected chi connectivity index (χ4v) is 1.04. The van der Waals surface area contributed by atoms with Gasteiger partial charge in [0, 0.05) is 11.1 Å². The molecule has 1 rings (SSSR count). The minimum atomic E-state index is -2.69. The van der Waals surface area contributed by atoms with Gasteiger partial charge < -0.3 is 5.11 Å². The minimum absolute atomic E-state index is 0.130. The maximum absolute atomic E-state index is 12.3. The topological polar surface area (TPSA) is 37.3 Å². The Labute approximate surface area is 73.8 Å². The van der Waals surface area contributed by atoms with Crippen molar-refractivity contribution in [3.8, 4) is 5.75 Å². The van der Waals surface area contributed by atoms with Crippen molar-refractivity contribution in [3.05, 3.63) is 29.3 Å². The highest BCUT2D eigenvalue weighted by atomic mass is 19.3. The number of Topliss-reactive ketones (excluding diaryl/α,β-unsaturated/α-hetero) is 1. The number of phenolic OH excluding ortho intramolecular Hbond substituents is 1. The molecular formula is C9H8F2O2. The molecule has 0 aliphatic rings. The van der Waals surface area contributed by atoms with Crippen LogP contribution in [0.25, 0.3) is 0 Å². The molecule has 0 aliphatic carbocycles. The normalized spacial score (nSPS) is 10.5. The van der Waals surface area contributed by atoms with Gasteiger partial charge in [-0.3, -0.25) is 4.79 Å². The van der Waals surface area contributed by atoms with Crippen LogP contribution < -0.4 is 0 Å². The molecule has 1 aromatic carbocycles. The molecule has 2 nitrogen and oxygen atoms in total. The van der Waals surface area contributed by atoms with Gasteiger partial charge in [-0.15, -0.1) is 0 Å². The number of hydrogen-bond acceptors (Lipinski definition) is 2. The number of alkyl halides is 2. The first-order valence-corrected chi connectivity index (χ1v) is 3.64. The standard InChI is InChI=1S/C9H8F2O2/c1-5(12)8-4-6(13)2-3-7(8)9(10)11/h2-4,9,13H,1H3. The van der Waals surface area contributed by atoms with Crippen molar-refractivity contribution >= 4 is 5.78 Å². The third-order valence-corrected chi connectivity index (χ3v) is 1.65. The Kier molecular flexibility index (Phi) is 2.60. The molecule has 0 spiro atoms. The summed E-state index contributed by atoms with van der Waals surface area (Å²) in [5, 5.41) is 8.97. The fourth-order valence-electron chi connectivity index (χ4n) is 1.04. The van der Waals surface area contributed by atoms with Crippen LogP contribution in [0, 0.1) is 0 Å². The third kappa shape index (κ3) is 2.02. The highest BCUT2D eigenvalue weighted by molar-refractivity contribution is 5.96. The van der Waals surface area contributed by atoms with Crippen LogP contribution in [0.4, 0.5) is 8.78 Å². The van der Waals surface area contributed by atoms with E-state index in [2.05, 4.69) is 0 Å². The first-order valence-electron chi connectivity index (χ1n) is 3.64. The van der Waals surface area contributed by atoms with Crippen LogP contribution in [-0.4, -0.2) is 10.9 Å². The molecule has 0 saturated heterocycles. The molecule has 4 heteroatoms. The van der Waals surface area contributed by atoms with Crippen molar-refractivity contribution in [3.63, 3.8) is 0 Å². The summed E-state index contributed by atoms with van der Waals surface area (Å²) in [6, 6.07) is 3.23. The van der Waals surface area contributed by atoms with Crippen molar-refractivity contribution < 1.29 is 18.7 Å². The molecule has 0 radical (unpaired) electrons. The van der Waals surface area contributed by atoms with Crippen molar-refractivity contribution in [2.75, 3.05) is 0 Å². The summed E-state index contributed by atoms with van der Waals surface area (Å²) in [5.41, 5.74) is -0.472. The SMILES string of the molecule is CC(=O)c1cc(O)ccc1C(F)F. The van der Waals surface area contributed by atoms with Crippen molar-refractivity contribution in [1.29, 1.82) is 0 Å². The quantitative estimate of drug-likeness (QED) is 0.720. The van der Waals surface area contributed by atoms with Crippen LogP contribution >= 0.6 is 0 Å². The van der Waals surface area contributed by atoms with Gasteiger partial charge in [0.05, 0.1) is 0 Å². The molecule has 0 amide bonds. The highest BCUT2D eigenvalue weighted by Gasteiger charge is 2.15. The second-order valence-electron chi connectivity index (χ2n) is 2.63. The van der Waals surface area contributed by atoms with Gasteiger partial charge in [0.15, 0.2) is 5.78 Å². The molecule has 0 aromatic heterocycles. The Morgan fingerprint density at radius 3 is 2.54 bits per heavy atom. The Hall–Kier alpha value is -1.45. The van der Waals surface area contributed by atoms with Gasteiger partial charge in [-0.05, 0) is 25.1 Å². The van der Waals surface area contributed by atoms with Gasteiger partial charge in [0.25, 0.3) is 6.43 Å². The summed E-state index contributed by atoms with van der Waals surface area (Å²) in [6.07, 6.45) is -2.69. The predicted molar refractivity (Wildman–Crippen MR) is 43.1 cm³/mol. The molecule has 0 unspecified atom stereocenters. The van der Waals surface area contributed by atoms with E-state index in [1.54, 1.807) is 0 Å². The van der Waals surface area contributed by atoms with Gasteiger partial charge >= 0.3 is 0 Å². The molecule has 0 fully saturated rings. The number of ketones is 1. The molecule has 13 heavy (non-hydrogen) atoms. The molecule has 1 N–H and O–H groups in total. The summed E-state index contributed by atoms with van der Waals surface area (Å²) in [7, 11) is 0. The van der Waals surface area contributed by atoms with Gasteiger partial charge in [0.1, 0.15) is 5.75 Å². The van der Waals surface area contributed by atoms with Crippen LogP contribution in [0.15, 0.2) is 18.2 Å². The smallest absolute Gasteiger partial charge is 0.264 e. The summed E-state index contributed by atoms with van der Waals surface area (Å²) in [6.45, 7) is 1.18. The van der Waals surface area contributed by atoms with Crippen LogP contribution in [0.2, 0.25) is 0 Å². The number of hydrogen-bond donors (Lipinski definition) is 1. The van der Waals surface area contributed by atoms with Gasteiger partial charge in [-0.2, -0.15) is 0 Å². The minimum Gasteiger partial charge on any atom is -0.508 e. The molecular weight excluding hydrogens is 178 g/mol. The summed E-state index contributed by atoms with van der Waals surface area (Å²) >= 11 is 0. The Morgan fingerprint density at radius 2 is 2.08 bits per heavy atom. The van der Waals surface area contributed by atoms with E-state index >= 15 is 0 Å². The maximum Gasteiger partial charge on any atom is 0.264 e. The Bertz CT molecular complexity index is 334. The van der Waals surface area contributed by atoms with Crippen LogP contribution in [0.5, 0.6) is 5.75 Å². The first-order chi connectivity index (χ1) is 6.02. The fraction of sp³-hybridized carbons (Fsp3) is 0.222. The average Bonchev–Trinajstić information content (AvgIpc) is 2.03. The van der Waals surface area contributed by atoms with E-state index < -0.39 is 12.2 Å². The monoisotopic (exact) mass is 186 g/mol. The molecule has 0 heterocycles. The lowest BCUT2D eigenvalue weighted by Gasteiger charge is -2.05. The van der Waals surface area contributed by atoms with E-state index in [-0.39, 0.29) is 16.9 Å². The lowest BCUT2D eigenvalue weighted by Crippen LogP contribution is -1.99. The van der Waals surface area contributed by atoms with E-state index in [0.717, 1.165) is 18.2 Å².